The fraction of sp³-hybridized carbons (Fsp3) is 0.350. The molecule has 0 amide bonds. The first-order valence-electron chi connectivity index (χ1n) is 8.97. The Bertz CT molecular complexity index is 969. The van der Waals surface area contributed by atoms with E-state index in [1.165, 1.54) is 40.1 Å². The largest absolute Gasteiger partial charge is 0.358 e. The molecule has 1 N–H and O–H groups in total. The first-order valence-corrected chi connectivity index (χ1v) is 10.2. The molecule has 1 aromatic carbocycles. The van der Waals surface area contributed by atoms with E-state index in [-0.39, 0.29) is 5.82 Å². The zero-order valence-corrected chi connectivity index (χ0v) is 16.1. The van der Waals surface area contributed by atoms with Crippen LogP contribution in [0.4, 0.5) is 10.2 Å². The minimum Gasteiger partial charge on any atom is -0.358 e. The lowest BCUT2D eigenvalue weighted by Gasteiger charge is -2.27. The first kappa shape index (κ1) is 16.3. The van der Waals surface area contributed by atoms with E-state index in [4.69, 9.17) is 16.6 Å². The maximum atomic E-state index is 14.3. The highest BCUT2D eigenvalue weighted by molar-refractivity contribution is 7.12. The van der Waals surface area contributed by atoms with Crippen LogP contribution in [-0.4, -0.2) is 16.5 Å². The number of aryl methyl sites for hydroxylation is 1. The average Bonchev–Trinajstić information content (AvgIpc) is 3.26. The summed E-state index contributed by atoms with van der Waals surface area (Å²) in [7, 11) is 0. The molecule has 5 rings (SSSR count). The van der Waals surface area contributed by atoms with Crippen molar-refractivity contribution >= 4 is 28.8 Å². The molecule has 1 aliphatic heterocycles. The Hall–Kier alpha value is -1.85. The molecule has 2 aliphatic rings. The summed E-state index contributed by atoms with van der Waals surface area (Å²) < 4.78 is 14.3. The van der Waals surface area contributed by atoms with Gasteiger partial charge in [0.25, 0.3) is 0 Å². The van der Waals surface area contributed by atoms with Crippen LogP contribution in [0, 0.1) is 12.7 Å². The molecule has 0 atom stereocenters. The Labute approximate surface area is 160 Å². The maximum absolute atomic E-state index is 14.3. The third-order valence-corrected chi connectivity index (χ3v) is 6.67. The van der Waals surface area contributed by atoms with Gasteiger partial charge in [0.05, 0.1) is 21.3 Å². The monoisotopic (exact) mass is 387 g/mol. The Balaban J connectivity index is 1.46. The van der Waals surface area contributed by atoms with Crippen LogP contribution in [0.15, 0.2) is 24.3 Å². The Kier molecular flexibility index (Phi) is 3.83. The number of nitrogens with one attached hydrogen (secondary N) is 1. The van der Waals surface area contributed by atoms with Crippen LogP contribution in [0.1, 0.15) is 39.9 Å². The molecule has 3 nitrogen and oxygen atoms in total. The third-order valence-electron chi connectivity index (χ3n) is 5.23. The van der Waals surface area contributed by atoms with Gasteiger partial charge in [-0.05, 0) is 43.5 Å². The lowest BCUT2D eigenvalue weighted by molar-refractivity contribution is 0.631. The molecule has 1 aliphatic carbocycles. The number of fused-ring (bicyclic) bond motifs is 1. The summed E-state index contributed by atoms with van der Waals surface area (Å²) in [6.07, 6.45) is 3.46. The number of nitrogens with zero attached hydrogens (tertiary/aromatic N) is 2. The second-order valence-corrected chi connectivity index (χ2v) is 8.80. The lowest BCUT2D eigenvalue weighted by atomic mass is 10.1. The van der Waals surface area contributed by atoms with Crippen LogP contribution in [0.5, 0.6) is 0 Å². The molecular weight excluding hydrogens is 369 g/mol. The molecule has 0 spiro atoms. The second kappa shape index (κ2) is 6.10. The molecule has 6 heteroatoms. The zero-order chi connectivity index (χ0) is 17.8. The molecule has 134 valence electrons. The van der Waals surface area contributed by atoms with E-state index >= 15 is 0 Å². The van der Waals surface area contributed by atoms with Gasteiger partial charge in [-0.2, -0.15) is 0 Å². The van der Waals surface area contributed by atoms with Gasteiger partial charge in [0.1, 0.15) is 11.6 Å². The van der Waals surface area contributed by atoms with Crippen molar-refractivity contribution < 1.29 is 4.39 Å². The molecule has 0 radical (unpaired) electrons. The topological polar surface area (TPSA) is 31.9 Å². The number of rotatable bonds is 3. The molecular formula is C20H19ClFN3S. The van der Waals surface area contributed by atoms with Crippen molar-refractivity contribution in [2.24, 2.45) is 0 Å². The van der Waals surface area contributed by atoms with E-state index < -0.39 is 0 Å². The summed E-state index contributed by atoms with van der Waals surface area (Å²) in [6.45, 7) is 3.88. The third kappa shape index (κ3) is 2.74. The SMILES string of the molecule is Cc1sc(C2CC2)nc1N1CCc2[nH]c(-c3c(F)cccc3Cl)cc2C1. The van der Waals surface area contributed by atoms with Crippen molar-refractivity contribution in [1.29, 1.82) is 0 Å². The summed E-state index contributed by atoms with van der Waals surface area (Å²) in [4.78, 5) is 11.9. The predicted molar refractivity (Wildman–Crippen MR) is 105 cm³/mol. The fourth-order valence-corrected chi connectivity index (χ4v) is 5.09. The zero-order valence-electron chi connectivity index (χ0n) is 14.5. The second-order valence-electron chi connectivity index (χ2n) is 7.16. The summed E-state index contributed by atoms with van der Waals surface area (Å²) >= 11 is 8.07. The van der Waals surface area contributed by atoms with E-state index in [2.05, 4.69) is 16.8 Å². The maximum Gasteiger partial charge on any atom is 0.143 e. The van der Waals surface area contributed by atoms with Crippen molar-refractivity contribution in [1.82, 2.24) is 9.97 Å². The summed E-state index contributed by atoms with van der Waals surface area (Å²) in [5, 5.41) is 1.72. The highest BCUT2D eigenvalue weighted by Gasteiger charge is 2.30. The van der Waals surface area contributed by atoms with Crippen LogP contribution in [-0.2, 0) is 13.0 Å². The van der Waals surface area contributed by atoms with Crippen LogP contribution in [0.3, 0.4) is 0 Å². The molecule has 3 aromatic rings. The first-order chi connectivity index (χ1) is 12.6. The van der Waals surface area contributed by atoms with Gasteiger partial charge in [-0.25, -0.2) is 9.37 Å². The summed E-state index contributed by atoms with van der Waals surface area (Å²) in [6, 6.07) is 6.85. The lowest BCUT2D eigenvalue weighted by Crippen LogP contribution is -2.30. The van der Waals surface area contributed by atoms with Crippen molar-refractivity contribution in [3.05, 3.63) is 56.2 Å². The number of hydrogen-bond donors (Lipinski definition) is 1. The van der Waals surface area contributed by atoms with Crippen LogP contribution >= 0.6 is 22.9 Å². The Morgan fingerprint density at radius 2 is 2.19 bits per heavy atom. The molecule has 1 saturated carbocycles. The van der Waals surface area contributed by atoms with Crippen molar-refractivity contribution in [3.8, 4) is 11.3 Å². The van der Waals surface area contributed by atoms with Gasteiger partial charge >= 0.3 is 0 Å². The summed E-state index contributed by atoms with van der Waals surface area (Å²) in [5.74, 6) is 1.52. The molecule has 1 fully saturated rings. The number of hydrogen-bond acceptors (Lipinski definition) is 3. The number of H-pyrrole nitrogens is 1. The number of thiazole rings is 1. The van der Waals surface area contributed by atoms with Gasteiger partial charge in [-0.15, -0.1) is 11.3 Å². The van der Waals surface area contributed by atoms with Crippen molar-refractivity contribution in [2.45, 2.75) is 38.6 Å². The van der Waals surface area contributed by atoms with Gasteiger partial charge in [-0.3, -0.25) is 0 Å². The van der Waals surface area contributed by atoms with Crippen LogP contribution in [0.2, 0.25) is 5.02 Å². The quantitative estimate of drug-likeness (QED) is 0.627. The van der Waals surface area contributed by atoms with E-state index in [1.54, 1.807) is 12.1 Å². The van der Waals surface area contributed by atoms with Crippen molar-refractivity contribution in [2.75, 3.05) is 11.4 Å². The standard InChI is InChI=1S/C20H19ClFN3S/c1-11-19(24-20(26-11)12-5-6-12)25-8-7-16-13(10-25)9-17(23-16)18-14(21)3-2-4-15(18)22/h2-4,9,12,23H,5-8,10H2,1H3. The Morgan fingerprint density at radius 1 is 1.35 bits per heavy atom. The smallest absolute Gasteiger partial charge is 0.143 e. The molecule has 3 heterocycles. The molecule has 2 aromatic heterocycles. The van der Waals surface area contributed by atoms with Gasteiger partial charge < -0.3 is 9.88 Å². The molecule has 0 bridgehead atoms. The predicted octanol–water partition coefficient (Wildman–Crippen LogP) is 5.68. The number of benzene rings is 1. The molecule has 0 unspecified atom stereocenters. The summed E-state index contributed by atoms with van der Waals surface area (Å²) in [5.41, 5.74) is 3.58. The highest BCUT2D eigenvalue weighted by atomic mass is 35.5. The number of anilines is 1. The minimum absolute atomic E-state index is 0.294. The number of aromatic amines is 1. The molecule has 0 saturated heterocycles. The van der Waals surface area contributed by atoms with Gasteiger partial charge in [0.15, 0.2) is 0 Å². The van der Waals surface area contributed by atoms with E-state index in [0.717, 1.165) is 31.0 Å². The van der Waals surface area contributed by atoms with E-state index in [1.807, 2.05) is 17.4 Å². The highest BCUT2D eigenvalue weighted by Crippen LogP contribution is 2.44. The van der Waals surface area contributed by atoms with Crippen molar-refractivity contribution in [3.63, 3.8) is 0 Å². The van der Waals surface area contributed by atoms with Crippen LogP contribution < -0.4 is 4.90 Å². The van der Waals surface area contributed by atoms with E-state index in [9.17, 15) is 4.39 Å². The molecule has 26 heavy (non-hydrogen) atoms. The Morgan fingerprint density at radius 3 is 2.96 bits per heavy atom. The minimum atomic E-state index is -0.294. The van der Waals surface area contributed by atoms with E-state index in [0.29, 0.717) is 16.5 Å². The van der Waals surface area contributed by atoms with Gasteiger partial charge in [0, 0.05) is 36.0 Å². The van der Waals surface area contributed by atoms with Gasteiger partial charge in [0.2, 0.25) is 0 Å². The number of aromatic nitrogens is 2. The number of halogens is 2. The normalized spacial score (nSPS) is 16.8. The van der Waals surface area contributed by atoms with Gasteiger partial charge in [-0.1, -0.05) is 17.7 Å². The fourth-order valence-electron chi connectivity index (χ4n) is 3.71. The van der Waals surface area contributed by atoms with Crippen LogP contribution in [0.25, 0.3) is 11.3 Å². The average molecular weight is 388 g/mol.